The van der Waals surface area contributed by atoms with E-state index in [1.807, 2.05) is 20.8 Å². The maximum absolute atomic E-state index is 11.2. The molecule has 0 aromatic carbocycles. The van der Waals surface area contributed by atoms with Crippen LogP contribution in [-0.2, 0) is 43.9 Å². The summed E-state index contributed by atoms with van der Waals surface area (Å²) in [6.45, 7) is 10.7. The first kappa shape index (κ1) is 19.1. The maximum Gasteiger partial charge on any atom is 0.140 e. The summed E-state index contributed by atoms with van der Waals surface area (Å²) in [5.74, 6) is 0.552. The summed E-state index contributed by atoms with van der Waals surface area (Å²) in [5, 5.41) is 7.46. The average molecular weight is 313 g/mol. The van der Waals surface area contributed by atoms with Gasteiger partial charge in [-0.3, -0.25) is 0 Å². The quantitative estimate of drug-likeness (QED) is 0.806. The molecule has 1 radical (unpaired) electrons. The van der Waals surface area contributed by atoms with E-state index in [2.05, 4.69) is 17.4 Å². The Labute approximate surface area is 129 Å². The Balaban J connectivity index is 0. The summed E-state index contributed by atoms with van der Waals surface area (Å²) in [5.41, 5.74) is 1.91. The monoisotopic (exact) mass is 313 g/mol. The maximum atomic E-state index is 11.2. The molecule has 5 heteroatoms. The van der Waals surface area contributed by atoms with Crippen LogP contribution in [0, 0.1) is 26.7 Å². The molecule has 0 aliphatic rings. The summed E-state index contributed by atoms with van der Waals surface area (Å²) in [4.78, 5) is 11.2. The zero-order chi connectivity index (χ0) is 12.7. The van der Waals surface area contributed by atoms with Gasteiger partial charge >= 0.3 is 0 Å². The van der Waals surface area contributed by atoms with E-state index in [1.54, 1.807) is 6.92 Å². The van der Waals surface area contributed by atoms with Gasteiger partial charge in [-0.25, -0.2) is 0 Å². The fraction of sp³-hybridized carbons (Fsp3) is 0.583. The minimum Gasteiger partial charge on any atom is -0.656 e. The third-order valence-electron chi connectivity index (χ3n) is 2.39. The van der Waals surface area contributed by atoms with Gasteiger partial charge in [-0.15, -0.1) is 7.05 Å². The Morgan fingerprint density at radius 3 is 2.35 bits per heavy atom. The molecule has 1 aromatic heterocycles. The van der Waals surface area contributed by atoms with Crippen molar-refractivity contribution >= 4 is 5.91 Å². The number of carbonyl (C=O) groups is 1. The summed E-state index contributed by atoms with van der Waals surface area (Å²) in [7, 11) is 1.51. The van der Waals surface area contributed by atoms with Crippen LogP contribution in [0.5, 0.6) is 0 Å². The first-order valence-corrected chi connectivity index (χ1v) is 5.32. The zero-order valence-electron chi connectivity index (χ0n) is 11.3. The molecule has 0 aliphatic carbocycles. The predicted molar refractivity (Wildman–Crippen MR) is 64.2 cm³/mol. The van der Waals surface area contributed by atoms with Gasteiger partial charge < -0.3 is 21.6 Å². The van der Waals surface area contributed by atoms with Gasteiger partial charge in [-0.05, 0) is 13.8 Å². The molecular formula is C12H20N2O2Y-2. The molecule has 17 heavy (non-hydrogen) atoms. The van der Waals surface area contributed by atoms with Crippen LogP contribution in [0.4, 0.5) is 0 Å². The van der Waals surface area contributed by atoms with Crippen LogP contribution in [-0.4, -0.2) is 18.1 Å². The number of aromatic nitrogens is 1. The van der Waals surface area contributed by atoms with Crippen LogP contribution in [0.2, 0.25) is 0 Å². The van der Waals surface area contributed by atoms with E-state index < -0.39 is 0 Å². The molecule has 0 saturated heterocycles. The van der Waals surface area contributed by atoms with E-state index in [1.165, 1.54) is 7.05 Å². The van der Waals surface area contributed by atoms with Crippen molar-refractivity contribution in [2.24, 2.45) is 5.92 Å². The number of amides is 1. The molecule has 0 bridgehead atoms. The topological polar surface area (TPSA) is 57.2 Å². The van der Waals surface area contributed by atoms with Crippen LogP contribution < -0.4 is 0 Å². The molecule has 0 spiro atoms. The SMILES string of the molecule is C[N-]C(=O)C(C)Cc1onc(C)c1C.[CH2-]C.[Y]. The van der Waals surface area contributed by atoms with Crippen molar-refractivity contribution in [1.29, 1.82) is 0 Å². The Morgan fingerprint density at radius 2 is 2.00 bits per heavy atom. The average Bonchev–Trinajstić information content (AvgIpc) is 2.62. The van der Waals surface area contributed by atoms with Crippen molar-refractivity contribution in [3.63, 3.8) is 0 Å². The fourth-order valence-electron chi connectivity index (χ4n) is 1.24. The third kappa shape index (κ3) is 5.78. The number of rotatable bonds is 3. The van der Waals surface area contributed by atoms with E-state index in [0.717, 1.165) is 17.0 Å². The zero-order valence-corrected chi connectivity index (χ0v) is 14.1. The number of hydrogen-bond acceptors (Lipinski definition) is 3. The summed E-state index contributed by atoms with van der Waals surface area (Å²) in [6, 6.07) is 0. The van der Waals surface area contributed by atoms with E-state index in [9.17, 15) is 4.79 Å². The van der Waals surface area contributed by atoms with Crippen molar-refractivity contribution in [1.82, 2.24) is 5.16 Å². The molecule has 0 N–H and O–H groups in total. The number of hydrogen-bond donors (Lipinski definition) is 0. The molecule has 4 nitrogen and oxygen atoms in total. The second kappa shape index (κ2) is 9.78. The molecule has 95 valence electrons. The molecule has 0 aliphatic heterocycles. The molecule has 0 fully saturated rings. The molecule has 0 saturated carbocycles. The molecule has 1 rings (SSSR count). The molecule has 1 aromatic rings. The molecule has 1 amide bonds. The van der Waals surface area contributed by atoms with Crippen LogP contribution in [0.3, 0.4) is 0 Å². The van der Waals surface area contributed by atoms with Gasteiger partial charge in [-0.1, -0.05) is 12.1 Å². The van der Waals surface area contributed by atoms with Gasteiger partial charge in [0.15, 0.2) is 0 Å². The van der Waals surface area contributed by atoms with Crippen molar-refractivity contribution in [2.75, 3.05) is 7.05 Å². The summed E-state index contributed by atoms with van der Waals surface area (Å²) in [6.07, 6.45) is 0.572. The van der Waals surface area contributed by atoms with Crippen LogP contribution >= 0.6 is 0 Å². The van der Waals surface area contributed by atoms with Gasteiger partial charge in [0.1, 0.15) is 5.76 Å². The van der Waals surface area contributed by atoms with E-state index in [0.29, 0.717) is 6.42 Å². The Bertz CT molecular complexity index is 337. The normalized spacial score (nSPS) is 10.7. The van der Waals surface area contributed by atoms with Crippen molar-refractivity contribution in [3.05, 3.63) is 29.3 Å². The second-order valence-electron chi connectivity index (χ2n) is 3.48. The van der Waals surface area contributed by atoms with Crippen molar-refractivity contribution in [3.8, 4) is 0 Å². The standard InChI is InChI=1S/C10H16N2O2.C2H5.Y/c1-6(10(13)11-4)5-9-7(2)8(3)12-14-9;1-2;/h6H,5H2,1-4H3,(H,11,13);1H2,2H3;/q;-1;/p-1. The smallest absolute Gasteiger partial charge is 0.140 e. The minimum atomic E-state index is -0.133. The Kier molecular flexibility index (Phi) is 11.0. The number of nitrogens with zero attached hydrogens (tertiary/aromatic N) is 2. The number of carbonyl (C=O) groups excluding carboxylic acids is 1. The summed E-state index contributed by atoms with van der Waals surface area (Å²) < 4.78 is 5.12. The second-order valence-corrected chi connectivity index (χ2v) is 3.48. The molecule has 1 unspecified atom stereocenters. The van der Waals surface area contributed by atoms with E-state index >= 15 is 0 Å². The van der Waals surface area contributed by atoms with E-state index in [-0.39, 0.29) is 44.5 Å². The van der Waals surface area contributed by atoms with Crippen LogP contribution in [0.25, 0.3) is 5.32 Å². The van der Waals surface area contributed by atoms with Crippen molar-refractivity contribution < 1.29 is 42.0 Å². The molecule has 1 atom stereocenters. The Morgan fingerprint density at radius 1 is 1.47 bits per heavy atom. The van der Waals surface area contributed by atoms with Crippen LogP contribution in [0.15, 0.2) is 4.52 Å². The fourth-order valence-corrected chi connectivity index (χ4v) is 1.24. The first-order valence-electron chi connectivity index (χ1n) is 5.32. The van der Waals surface area contributed by atoms with Gasteiger partial charge in [0.05, 0.1) is 11.6 Å². The largest absolute Gasteiger partial charge is 0.656 e. The van der Waals surface area contributed by atoms with E-state index in [4.69, 9.17) is 4.52 Å². The van der Waals surface area contributed by atoms with Crippen LogP contribution in [0.1, 0.15) is 30.9 Å². The first-order chi connectivity index (χ1) is 7.56. The predicted octanol–water partition coefficient (Wildman–Crippen LogP) is 2.84. The van der Waals surface area contributed by atoms with Gasteiger partial charge in [-0.2, -0.15) is 6.92 Å². The Hall–Kier alpha value is -0.216. The van der Waals surface area contributed by atoms with Gasteiger partial charge in [0.2, 0.25) is 0 Å². The molecule has 1 heterocycles. The van der Waals surface area contributed by atoms with Gasteiger partial charge in [0, 0.05) is 50.6 Å². The molecular weight excluding hydrogens is 293 g/mol. The van der Waals surface area contributed by atoms with Crippen molar-refractivity contribution in [2.45, 2.75) is 34.1 Å². The minimum absolute atomic E-state index is 0. The number of aryl methyl sites for hydroxylation is 1. The third-order valence-corrected chi connectivity index (χ3v) is 2.39. The summed E-state index contributed by atoms with van der Waals surface area (Å²) >= 11 is 0. The van der Waals surface area contributed by atoms with Gasteiger partial charge in [0.25, 0.3) is 0 Å².